The van der Waals surface area contributed by atoms with Crippen LogP contribution in [-0.2, 0) is 5.41 Å². The largest absolute Gasteiger partial charge is 0.309 e. The summed E-state index contributed by atoms with van der Waals surface area (Å²) in [6, 6.07) is 26.5. The van der Waals surface area contributed by atoms with Gasteiger partial charge in [-0.05, 0) is 48.1 Å². The number of hydrogen-bond donors (Lipinski definition) is 0. The van der Waals surface area contributed by atoms with Crippen LogP contribution >= 0.6 is 0 Å². The summed E-state index contributed by atoms with van der Waals surface area (Å²) in [5, 5.41) is 2.63. The van der Waals surface area contributed by atoms with Crippen molar-refractivity contribution in [1.82, 2.24) is 4.57 Å². The van der Waals surface area contributed by atoms with Gasteiger partial charge in [0.15, 0.2) is 0 Å². The molecule has 0 aliphatic carbocycles. The predicted molar refractivity (Wildman–Crippen MR) is 109 cm³/mol. The Labute approximate surface area is 149 Å². The van der Waals surface area contributed by atoms with Crippen LogP contribution in [0.3, 0.4) is 0 Å². The summed E-state index contributed by atoms with van der Waals surface area (Å²) in [6.45, 7) is 6.93. The van der Waals surface area contributed by atoms with E-state index < -0.39 is 0 Å². The minimum Gasteiger partial charge on any atom is -0.309 e. The van der Waals surface area contributed by atoms with E-state index in [0.29, 0.717) is 0 Å². The van der Waals surface area contributed by atoms with Gasteiger partial charge in [0.1, 0.15) is 0 Å². The topological polar surface area (TPSA) is 4.93 Å². The first kappa shape index (κ1) is 16.0. The molecule has 1 heteroatoms. The van der Waals surface area contributed by atoms with Gasteiger partial charge in [0.25, 0.3) is 0 Å². The van der Waals surface area contributed by atoms with Gasteiger partial charge in [-0.25, -0.2) is 0 Å². The average molecular weight is 327 g/mol. The van der Waals surface area contributed by atoms with Crippen molar-refractivity contribution in [3.63, 3.8) is 0 Å². The minimum atomic E-state index is 0.263. The fourth-order valence-electron chi connectivity index (χ4n) is 3.87. The zero-order valence-electron chi connectivity index (χ0n) is 15.3. The molecule has 0 amide bonds. The number of para-hydroxylation sites is 2. The van der Waals surface area contributed by atoms with Crippen molar-refractivity contribution < 1.29 is 0 Å². The standard InChI is InChI=1S/C24H25N/c1-4-24(3,5-2)18-14-16-19(17-15-18)25-22-12-8-6-10-20(22)21-11-7-9-13-23(21)25/h6-17H,4-5H2,1-3H3. The summed E-state index contributed by atoms with van der Waals surface area (Å²) in [5.41, 5.74) is 5.47. The van der Waals surface area contributed by atoms with E-state index in [9.17, 15) is 0 Å². The second kappa shape index (κ2) is 6.07. The summed E-state index contributed by atoms with van der Waals surface area (Å²) in [4.78, 5) is 0. The number of benzene rings is 3. The lowest BCUT2D eigenvalue weighted by atomic mass is 9.78. The Hall–Kier alpha value is -2.54. The molecule has 0 aliphatic heterocycles. The molecule has 0 radical (unpaired) electrons. The number of aromatic nitrogens is 1. The quantitative estimate of drug-likeness (QED) is 0.386. The molecule has 1 heterocycles. The smallest absolute Gasteiger partial charge is 0.0541 e. The van der Waals surface area contributed by atoms with Gasteiger partial charge in [-0.2, -0.15) is 0 Å². The summed E-state index contributed by atoms with van der Waals surface area (Å²) in [7, 11) is 0. The van der Waals surface area contributed by atoms with E-state index in [1.807, 2.05) is 0 Å². The minimum absolute atomic E-state index is 0.263. The van der Waals surface area contributed by atoms with Gasteiger partial charge in [-0.15, -0.1) is 0 Å². The van der Waals surface area contributed by atoms with Gasteiger partial charge in [-0.1, -0.05) is 69.3 Å². The highest BCUT2D eigenvalue weighted by atomic mass is 15.0. The summed E-state index contributed by atoms with van der Waals surface area (Å²) >= 11 is 0. The Morgan fingerprint density at radius 2 is 1.16 bits per heavy atom. The summed E-state index contributed by atoms with van der Waals surface area (Å²) in [6.07, 6.45) is 2.33. The molecule has 25 heavy (non-hydrogen) atoms. The molecule has 0 saturated carbocycles. The molecule has 0 saturated heterocycles. The van der Waals surface area contributed by atoms with E-state index in [2.05, 4.69) is 98.1 Å². The van der Waals surface area contributed by atoms with Crippen LogP contribution in [0.25, 0.3) is 27.5 Å². The van der Waals surface area contributed by atoms with Crippen LogP contribution in [0.1, 0.15) is 39.2 Å². The highest BCUT2D eigenvalue weighted by molar-refractivity contribution is 6.09. The summed E-state index contributed by atoms with van der Waals surface area (Å²) < 4.78 is 2.38. The molecule has 1 aromatic heterocycles. The Morgan fingerprint density at radius 3 is 1.64 bits per heavy atom. The average Bonchev–Trinajstić information content (AvgIpc) is 3.02. The van der Waals surface area contributed by atoms with E-state index in [1.54, 1.807) is 0 Å². The van der Waals surface area contributed by atoms with Gasteiger partial charge >= 0.3 is 0 Å². The zero-order chi connectivity index (χ0) is 17.4. The lowest BCUT2D eigenvalue weighted by Gasteiger charge is -2.27. The number of hydrogen-bond acceptors (Lipinski definition) is 0. The Bertz CT molecular complexity index is 964. The van der Waals surface area contributed by atoms with Crippen molar-refractivity contribution >= 4 is 21.8 Å². The molecule has 126 valence electrons. The number of nitrogens with zero attached hydrogens (tertiary/aromatic N) is 1. The molecular formula is C24H25N. The third-order valence-electron chi connectivity index (χ3n) is 5.96. The van der Waals surface area contributed by atoms with Gasteiger partial charge < -0.3 is 4.57 Å². The normalized spacial score (nSPS) is 12.1. The molecular weight excluding hydrogens is 302 g/mol. The van der Waals surface area contributed by atoms with Crippen molar-refractivity contribution in [2.75, 3.05) is 0 Å². The first-order valence-corrected chi connectivity index (χ1v) is 9.27. The molecule has 4 aromatic rings. The lowest BCUT2D eigenvalue weighted by Crippen LogP contribution is -2.19. The monoisotopic (exact) mass is 327 g/mol. The van der Waals surface area contributed by atoms with Crippen molar-refractivity contribution in [2.45, 2.75) is 39.0 Å². The van der Waals surface area contributed by atoms with Gasteiger partial charge in [-0.3, -0.25) is 0 Å². The Balaban J connectivity index is 1.92. The Kier molecular flexibility index (Phi) is 3.88. The summed E-state index contributed by atoms with van der Waals surface area (Å²) in [5.74, 6) is 0. The SMILES string of the molecule is CCC(C)(CC)c1ccc(-n2c3ccccc3c3ccccc32)cc1. The molecule has 0 aliphatic rings. The zero-order valence-corrected chi connectivity index (χ0v) is 15.3. The third kappa shape index (κ3) is 2.46. The Morgan fingerprint density at radius 1 is 0.680 bits per heavy atom. The highest BCUT2D eigenvalue weighted by Crippen LogP contribution is 2.34. The van der Waals surface area contributed by atoms with Gasteiger partial charge in [0.2, 0.25) is 0 Å². The van der Waals surface area contributed by atoms with Crippen LogP contribution in [0.4, 0.5) is 0 Å². The number of rotatable bonds is 4. The second-order valence-corrected chi connectivity index (χ2v) is 7.18. The molecule has 0 bridgehead atoms. The molecule has 1 nitrogen and oxygen atoms in total. The van der Waals surface area contributed by atoms with Crippen LogP contribution in [0, 0.1) is 0 Å². The predicted octanol–water partition coefficient (Wildman–Crippen LogP) is 6.86. The first-order valence-electron chi connectivity index (χ1n) is 9.27. The van der Waals surface area contributed by atoms with Crippen LogP contribution in [0.15, 0.2) is 72.8 Å². The lowest BCUT2D eigenvalue weighted by molar-refractivity contribution is 0.439. The maximum absolute atomic E-state index is 2.38. The van der Waals surface area contributed by atoms with Crippen LogP contribution < -0.4 is 0 Å². The van der Waals surface area contributed by atoms with E-state index >= 15 is 0 Å². The molecule has 0 spiro atoms. The fourth-order valence-corrected chi connectivity index (χ4v) is 3.87. The molecule has 3 aromatic carbocycles. The second-order valence-electron chi connectivity index (χ2n) is 7.18. The molecule has 0 fully saturated rings. The van der Waals surface area contributed by atoms with Crippen molar-refractivity contribution in [1.29, 1.82) is 0 Å². The molecule has 0 N–H and O–H groups in total. The van der Waals surface area contributed by atoms with Crippen molar-refractivity contribution in [3.05, 3.63) is 78.4 Å². The third-order valence-corrected chi connectivity index (χ3v) is 5.96. The van der Waals surface area contributed by atoms with E-state index in [-0.39, 0.29) is 5.41 Å². The molecule has 0 unspecified atom stereocenters. The van der Waals surface area contributed by atoms with Crippen molar-refractivity contribution in [3.8, 4) is 5.69 Å². The van der Waals surface area contributed by atoms with E-state index in [0.717, 1.165) is 12.8 Å². The maximum atomic E-state index is 2.38. The first-order chi connectivity index (χ1) is 12.2. The van der Waals surface area contributed by atoms with Crippen LogP contribution in [-0.4, -0.2) is 4.57 Å². The maximum Gasteiger partial charge on any atom is 0.0541 e. The highest BCUT2D eigenvalue weighted by Gasteiger charge is 2.22. The van der Waals surface area contributed by atoms with Gasteiger partial charge in [0, 0.05) is 16.5 Å². The van der Waals surface area contributed by atoms with E-state index in [4.69, 9.17) is 0 Å². The van der Waals surface area contributed by atoms with Crippen LogP contribution in [0.5, 0.6) is 0 Å². The number of fused-ring (bicyclic) bond motifs is 3. The van der Waals surface area contributed by atoms with Crippen molar-refractivity contribution in [2.24, 2.45) is 0 Å². The fraction of sp³-hybridized carbons (Fsp3) is 0.250. The molecule has 0 atom stereocenters. The van der Waals surface area contributed by atoms with E-state index in [1.165, 1.54) is 33.1 Å². The molecule has 4 rings (SSSR count). The van der Waals surface area contributed by atoms with Gasteiger partial charge in [0.05, 0.1) is 11.0 Å². The van der Waals surface area contributed by atoms with Crippen LogP contribution in [0.2, 0.25) is 0 Å².